The number of nitrogens with two attached hydrogens (primary N) is 1. The monoisotopic (exact) mass is 289 g/mol. The molecule has 0 radical (unpaired) electrons. The van der Waals surface area contributed by atoms with Crippen LogP contribution in [0.15, 0.2) is 16.6 Å². The molecule has 4 N–H and O–H groups in total. The fourth-order valence-electron chi connectivity index (χ4n) is 1.38. The molecular weight excluding hydrogens is 274 g/mol. The molecule has 16 heavy (non-hydrogen) atoms. The van der Waals surface area contributed by atoms with Crippen molar-refractivity contribution in [2.75, 3.05) is 13.2 Å². The first-order chi connectivity index (χ1) is 7.60. The summed E-state index contributed by atoms with van der Waals surface area (Å²) in [6.45, 7) is 2.34. The Bertz CT molecular complexity index is 357. The van der Waals surface area contributed by atoms with Crippen LogP contribution >= 0.6 is 15.9 Å². The minimum Gasteiger partial charge on any atom is -0.503 e. The van der Waals surface area contributed by atoms with Gasteiger partial charge in [-0.3, -0.25) is 0 Å². The number of hydrogen-bond acceptors (Lipinski definition) is 4. The number of ether oxygens (including phenoxy) is 1. The summed E-state index contributed by atoms with van der Waals surface area (Å²) in [4.78, 5) is 0. The first-order valence-electron chi connectivity index (χ1n) is 5.11. The van der Waals surface area contributed by atoms with Gasteiger partial charge in [-0.15, -0.1) is 0 Å². The number of aliphatic hydroxyl groups is 1. The molecule has 0 aliphatic carbocycles. The van der Waals surface area contributed by atoms with Gasteiger partial charge in [0.15, 0.2) is 11.5 Å². The molecule has 0 saturated carbocycles. The number of aliphatic hydroxyl groups excluding tert-OH is 1. The molecule has 0 amide bonds. The molecule has 1 atom stereocenters. The largest absolute Gasteiger partial charge is 0.503 e. The van der Waals surface area contributed by atoms with Crippen LogP contribution in [-0.2, 0) is 0 Å². The Kier molecular flexibility index (Phi) is 5.05. The third kappa shape index (κ3) is 3.10. The van der Waals surface area contributed by atoms with Gasteiger partial charge in [-0.05, 0) is 47.0 Å². The van der Waals surface area contributed by atoms with Gasteiger partial charge in [0, 0.05) is 12.6 Å². The van der Waals surface area contributed by atoms with Crippen molar-refractivity contribution in [2.24, 2.45) is 5.73 Å². The minimum absolute atomic E-state index is 0.0314. The molecule has 0 heterocycles. The molecule has 4 nitrogen and oxygen atoms in total. The normalized spacial score (nSPS) is 12.5. The van der Waals surface area contributed by atoms with Crippen LogP contribution in [0.2, 0.25) is 0 Å². The highest BCUT2D eigenvalue weighted by molar-refractivity contribution is 9.10. The average molecular weight is 290 g/mol. The highest BCUT2D eigenvalue weighted by Gasteiger charge is 2.13. The SMILES string of the molecule is CCOc1cc([C@H](N)CCO)cc(Br)c1O. The van der Waals surface area contributed by atoms with E-state index in [0.717, 1.165) is 5.56 Å². The van der Waals surface area contributed by atoms with Gasteiger partial charge in [0.05, 0.1) is 11.1 Å². The minimum atomic E-state index is -0.263. The molecule has 1 aromatic rings. The smallest absolute Gasteiger partial charge is 0.172 e. The summed E-state index contributed by atoms with van der Waals surface area (Å²) in [6, 6.07) is 3.17. The molecule has 0 fully saturated rings. The molecule has 0 saturated heterocycles. The van der Waals surface area contributed by atoms with Crippen molar-refractivity contribution < 1.29 is 14.9 Å². The van der Waals surface area contributed by atoms with Crippen molar-refractivity contribution in [1.82, 2.24) is 0 Å². The number of hydrogen-bond donors (Lipinski definition) is 3. The Morgan fingerprint density at radius 2 is 2.19 bits per heavy atom. The van der Waals surface area contributed by atoms with Gasteiger partial charge in [-0.1, -0.05) is 0 Å². The molecule has 0 aromatic heterocycles. The van der Waals surface area contributed by atoms with Crippen molar-refractivity contribution in [3.8, 4) is 11.5 Å². The van der Waals surface area contributed by atoms with Crippen LogP contribution in [0, 0.1) is 0 Å². The second-order valence-corrected chi connectivity index (χ2v) is 4.26. The van der Waals surface area contributed by atoms with Crippen LogP contribution < -0.4 is 10.5 Å². The lowest BCUT2D eigenvalue weighted by molar-refractivity contribution is 0.276. The van der Waals surface area contributed by atoms with E-state index in [1.807, 2.05) is 6.92 Å². The van der Waals surface area contributed by atoms with E-state index in [1.54, 1.807) is 12.1 Å². The molecule has 0 aliphatic heterocycles. The van der Waals surface area contributed by atoms with Gasteiger partial charge < -0.3 is 20.7 Å². The van der Waals surface area contributed by atoms with Crippen LogP contribution in [-0.4, -0.2) is 23.4 Å². The van der Waals surface area contributed by atoms with E-state index in [1.165, 1.54) is 0 Å². The predicted octanol–water partition coefficient (Wildman–Crippen LogP) is 1.94. The maximum absolute atomic E-state index is 9.70. The van der Waals surface area contributed by atoms with Crippen molar-refractivity contribution in [1.29, 1.82) is 0 Å². The zero-order chi connectivity index (χ0) is 12.1. The molecule has 1 rings (SSSR count). The Morgan fingerprint density at radius 1 is 1.50 bits per heavy atom. The van der Waals surface area contributed by atoms with Crippen molar-refractivity contribution in [3.63, 3.8) is 0 Å². The highest BCUT2D eigenvalue weighted by Crippen LogP contribution is 2.37. The summed E-state index contributed by atoms with van der Waals surface area (Å²) in [7, 11) is 0. The Labute approximate surface area is 103 Å². The lowest BCUT2D eigenvalue weighted by Crippen LogP contribution is -2.12. The molecule has 0 bridgehead atoms. The number of phenols is 1. The standard InChI is InChI=1S/C11H16BrNO3/c1-2-16-10-6-7(9(13)3-4-14)5-8(12)11(10)15/h5-6,9,14-15H,2-4,13H2,1H3/t9-/m1/s1. The summed E-state index contributed by atoms with van der Waals surface area (Å²) in [6.07, 6.45) is 0.475. The second kappa shape index (κ2) is 6.08. The van der Waals surface area contributed by atoms with Gasteiger partial charge in [0.25, 0.3) is 0 Å². The summed E-state index contributed by atoms with van der Waals surface area (Å²) in [5.41, 5.74) is 6.69. The summed E-state index contributed by atoms with van der Waals surface area (Å²) in [5, 5.41) is 18.5. The lowest BCUT2D eigenvalue weighted by atomic mass is 10.0. The molecule has 90 valence electrons. The van der Waals surface area contributed by atoms with Crippen LogP contribution in [0.4, 0.5) is 0 Å². The number of phenolic OH excluding ortho intramolecular Hbond substituents is 1. The van der Waals surface area contributed by atoms with E-state index in [2.05, 4.69) is 15.9 Å². The van der Waals surface area contributed by atoms with E-state index in [0.29, 0.717) is 23.2 Å². The van der Waals surface area contributed by atoms with Gasteiger partial charge >= 0.3 is 0 Å². The fourth-order valence-corrected chi connectivity index (χ4v) is 1.84. The van der Waals surface area contributed by atoms with Crippen LogP contribution in [0.25, 0.3) is 0 Å². The highest BCUT2D eigenvalue weighted by atomic mass is 79.9. The number of rotatable bonds is 5. The quantitative estimate of drug-likeness (QED) is 0.774. The molecule has 0 spiro atoms. The average Bonchev–Trinajstić information content (AvgIpc) is 2.25. The summed E-state index contributed by atoms with van der Waals surface area (Å²) < 4.78 is 5.83. The molecular formula is C11H16BrNO3. The maximum Gasteiger partial charge on any atom is 0.172 e. The van der Waals surface area contributed by atoms with E-state index in [4.69, 9.17) is 15.6 Å². The predicted molar refractivity (Wildman–Crippen MR) is 65.6 cm³/mol. The van der Waals surface area contributed by atoms with E-state index in [9.17, 15) is 5.11 Å². The summed E-state index contributed by atoms with van der Waals surface area (Å²) in [5.74, 6) is 0.474. The molecule has 0 unspecified atom stereocenters. The Morgan fingerprint density at radius 3 is 2.75 bits per heavy atom. The fraction of sp³-hybridized carbons (Fsp3) is 0.455. The van der Waals surface area contributed by atoms with Gasteiger partial charge in [0.1, 0.15) is 0 Å². The first-order valence-corrected chi connectivity index (χ1v) is 5.91. The van der Waals surface area contributed by atoms with Gasteiger partial charge in [-0.25, -0.2) is 0 Å². The zero-order valence-electron chi connectivity index (χ0n) is 9.11. The van der Waals surface area contributed by atoms with Gasteiger partial charge in [-0.2, -0.15) is 0 Å². The number of benzene rings is 1. The number of aromatic hydroxyl groups is 1. The van der Waals surface area contributed by atoms with E-state index < -0.39 is 0 Å². The van der Waals surface area contributed by atoms with Crippen LogP contribution in [0.1, 0.15) is 24.9 Å². The Balaban J connectivity index is 3.03. The van der Waals surface area contributed by atoms with Crippen LogP contribution in [0.3, 0.4) is 0 Å². The lowest BCUT2D eigenvalue weighted by Gasteiger charge is -2.14. The summed E-state index contributed by atoms with van der Waals surface area (Å²) >= 11 is 3.24. The van der Waals surface area contributed by atoms with Crippen molar-refractivity contribution in [3.05, 3.63) is 22.2 Å². The third-order valence-corrected chi connectivity index (χ3v) is 2.82. The molecule has 1 aromatic carbocycles. The third-order valence-electron chi connectivity index (χ3n) is 2.22. The van der Waals surface area contributed by atoms with E-state index >= 15 is 0 Å². The second-order valence-electron chi connectivity index (χ2n) is 3.40. The zero-order valence-corrected chi connectivity index (χ0v) is 10.7. The molecule has 5 heteroatoms. The molecule has 0 aliphatic rings. The van der Waals surface area contributed by atoms with E-state index in [-0.39, 0.29) is 18.4 Å². The van der Waals surface area contributed by atoms with Crippen molar-refractivity contribution in [2.45, 2.75) is 19.4 Å². The van der Waals surface area contributed by atoms with Crippen LogP contribution in [0.5, 0.6) is 11.5 Å². The topological polar surface area (TPSA) is 75.7 Å². The Hall–Kier alpha value is -0.780. The number of halogens is 1. The van der Waals surface area contributed by atoms with Gasteiger partial charge in [0.2, 0.25) is 0 Å². The maximum atomic E-state index is 9.70. The first kappa shape index (κ1) is 13.3. The van der Waals surface area contributed by atoms with Crippen molar-refractivity contribution >= 4 is 15.9 Å².